The van der Waals surface area contributed by atoms with Crippen molar-refractivity contribution >= 4 is 0 Å². The van der Waals surface area contributed by atoms with Crippen LogP contribution in [0.3, 0.4) is 0 Å². The smallest absolute Gasteiger partial charge is 0.0162 e. The molecule has 1 aromatic rings. The summed E-state index contributed by atoms with van der Waals surface area (Å²) in [6.07, 6.45) is 11.8. The first kappa shape index (κ1) is 13.2. The molecule has 19 heavy (non-hydrogen) atoms. The summed E-state index contributed by atoms with van der Waals surface area (Å²) < 4.78 is 0. The largest absolute Gasteiger partial charge is 0.0654 e. The van der Waals surface area contributed by atoms with Gasteiger partial charge in [0.05, 0.1) is 0 Å². The Balaban J connectivity index is 1.61. The van der Waals surface area contributed by atoms with E-state index >= 15 is 0 Å². The van der Waals surface area contributed by atoms with Gasteiger partial charge in [0.25, 0.3) is 0 Å². The molecule has 2 fully saturated rings. The average Bonchev–Trinajstić information content (AvgIpc) is 2.72. The fraction of sp³-hybridized carbons (Fsp3) is 0.684. The Morgan fingerprint density at radius 2 is 1.53 bits per heavy atom. The summed E-state index contributed by atoms with van der Waals surface area (Å²) in [7, 11) is 0. The van der Waals surface area contributed by atoms with E-state index in [2.05, 4.69) is 37.3 Å². The predicted octanol–water partition coefficient (Wildman–Crippen LogP) is 5.79. The van der Waals surface area contributed by atoms with Crippen LogP contribution in [0, 0.1) is 17.8 Å². The highest BCUT2D eigenvalue weighted by molar-refractivity contribution is 5.19. The van der Waals surface area contributed by atoms with Crippen molar-refractivity contribution in [2.75, 3.05) is 0 Å². The van der Waals surface area contributed by atoms with E-state index in [4.69, 9.17) is 0 Å². The lowest BCUT2D eigenvalue weighted by molar-refractivity contribution is 0.367. The summed E-state index contributed by atoms with van der Waals surface area (Å²) in [6.45, 7) is 2.35. The van der Waals surface area contributed by atoms with E-state index < -0.39 is 0 Å². The highest BCUT2D eigenvalue weighted by Crippen LogP contribution is 2.48. The minimum absolute atomic E-state index is 0.844. The van der Waals surface area contributed by atoms with Gasteiger partial charge in [0, 0.05) is 0 Å². The van der Waals surface area contributed by atoms with Gasteiger partial charge in [-0.25, -0.2) is 0 Å². The maximum atomic E-state index is 2.35. The van der Waals surface area contributed by atoms with Crippen molar-refractivity contribution in [1.82, 2.24) is 0 Å². The monoisotopic (exact) mass is 256 g/mol. The molecule has 2 aliphatic rings. The normalized spacial score (nSPS) is 34.8. The van der Waals surface area contributed by atoms with Crippen LogP contribution in [0.5, 0.6) is 0 Å². The standard InChI is InChI=1S/C19H28/c1-2-6-15-13-18-11-9-17(10-12-19(18)14-15)16-7-4-3-5-8-16/h3-5,7-8,15,17-19H,2,6,9-14H2,1H3. The third-order valence-electron chi connectivity index (χ3n) is 5.68. The molecular weight excluding hydrogens is 228 g/mol. The minimum Gasteiger partial charge on any atom is -0.0654 e. The summed E-state index contributed by atoms with van der Waals surface area (Å²) in [5.41, 5.74) is 1.59. The molecule has 0 amide bonds. The van der Waals surface area contributed by atoms with Crippen LogP contribution in [-0.2, 0) is 0 Å². The number of hydrogen-bond acceptors (Lipinski definition) is 0. The van der Waals surface area contributed by atoms with Gasteiger partial charge in [-0.05, 0) is 67.8 Å². The molecule has 0 heteroatoms. The lowest BCUT2D eigenvalue weighted by Crippen LogP contribution is -2.04. The van der Waals surface area contributed by atoms with Crippen LogP contribution in [0.15, 0.2) is 30.3 Å². The summed E-state index contributed by atoms with van der Waals surface area (Å²) in [5, 5.41) is 0. The average molecular weight is 256 g/mol. The Hall–Kier alpha value is -0.780. The van der Waals surface area contributed by atoms with Gasteiger partial charge in [-0.1, -0.05) is 50.1 Å². The second kappa shape index (κ2) is 6.11. The number of fused-ring (bicyclic) bond motifs is 1. The maximum Gasteiger partial charge on any atom is -0.0162 e. The van der Waals surface area contributed by atoms with E-state index in [1.807, 2.05) is 0 Å². The van der Waals surface area contributed by atoms with E-state index in [0.717, 1.165) is 23.7 Å². The van der Waals surface area contributed by atoms with E-state index in [-0.39, 0.29) is 0 Å². The highest BCUT2D eigenvalue weighted by Gasteiger charge is 2.35. The van der Waals surface area contributed by atoms with Crippen LogP contribution < -0.4 is 0 Å². The van der Waals surface area contributed by atoms with Gasteiger partial charge in [-0.15, -0.1) is 0 Å². The third kappa shape index (κ3) is 3.04. The molecule has 3 rings (SSSR count). The zero-order valence-electron chi connectivity index (χ0n) is 12.4. The van der Waals surface area contributed by atoms with Gasteiger partial charge in [0.15, 0.2) is 0 Å². The zero-order valence-corrected chi connectivity index (χ0v) is 12.4. The van der Waals surface area contributed by atoms with Gasteiger partial charge in [0.1, 0.15) is 0 Å². The maximum absolute atomic E-state index is 2.35. The van der Waals surface area contributed by atoms with Crippen molar-refractivity contribution in [1.29, 1.82) is 0 Å². The van der Waals surface area contributed by atoms with E-state index in [1.54, 1.807) is 18.4 Å². The summed E-state index contributed by atoms with van der Waals surface area (Å²) in [6, 6.07) is 11.2. The molecule has 2 aliphatic carbocycles. The molecular formula is C19H28. The van der Waals surface area contributed by atoms with Crippen LogP contribution in [0.4, 0.5) is 0 Å². The lowest BCUT2D eigenvalue weighted by atomic mass is 9.90. The van der Waals surface area contributed by atoms with Crippen molar-refractivity contribution < 1.29 is 0 Å². The first-order valence-corrected chi connectivity index (χ1v) is 8.41. The molecule has 2 atom stereocenters. The van der Waals surface area contributed by atoms with Crippen molar-refractivity contribution in [2.24, 2.45) is 17.8 Å². The van der Waals surface area contributed by atoms with Gasteiger partial charge >= 0.3 is 0 Å². The number of hydrogen-bond donors (Lipinski definition) is 0. The molecule has 0 saturated heterocycles. The SMILES string of the molecule is CCCC1CC2CCC(c3ccccc3)CCC2C1. The Morgan fingerprint density at radius 1 is 0.895 bits per heavy atom. The Bertz CT molecular complexity index is 364. The summed E-state index contributed by atoms with van der Waals surface area (Å²) >= 11 is 0. The van der Waals surface area contributed by atoms with Gasteiger partial charge < -0.3 is 0 Å². The summed E-state index contributed by atoms with van der Waals surface area (Å²) in [4.78, 5) is 0. The van der Waals surface area contributed by atoms with E-state index in [1.165, 1.54) is 38.5 Å². The predicted molar refractivity (Wildman–Crippen MR) is 82.3 cm³/mol. The molecule has 0 bridgehead atoms. The molecule has 0 aromatic heterocycles. The van der Waals surface area contributed by atoms with Crippen LogP contribution in [0.1, 0.15) is 69.8 Å². The Labute approximate surface area is 118 Å². The molecule has 0 nitrogen and oxygen atoms in total. The molecule has 0 spiro atoms. The molecule has 2 saturated carbocycles. The third-order valence-corrected chi connectivity index (χ3v) is 5.68. The highest BCUT2D eigenvalue weighted by atomic mass is 14.4. The lowest BCUT2D eigenvalue weighted by Gasteiger charge is -2.16. The Morgan fingerprint density at radius 3 is 2.11 bits per heavy atom. The number of benzene rings is 1. The van der Waals surface area contributed by atoms with Crippen molar-refractivity contribution in [3.05, 3.63) is 35.9 Å². The second-order valence-corrected chi connectivity index (χ2v) is 6.91. The van der Waals surface area contributed by atoms with Gasteiger partial charge in [-0.3, -0.25) is 0 Å². The van der Waals surface area contributed by atoms with E-state index in [0.29, 0.717) is 0 Å². The molecule has 1 aromatic carbocycles. The molecule has 2 unspecified atom stereocenters. The van der Waals surface area contributed by atoms with E-state index in [9.17, 15) is 0 Å². The van der Waals surface area contributed by atoms with Crippen LogP contribution in [0.25, 0.3) is 0 Å². The van der Waals surface area contributed by atoms with Gasteiger partial charge in [0.2, 0.25) is 0 Å². The molecule has 0 N–H and O–H groups in total. The van der Waals surface area contributed by atoms with Crippen LogP contribution in [-0.4, -0.2) is 0 Å². The quantitative estimate of drug-likeness (QED) is 0.642. The van der Waals surface area contributed by atoms with Crippen molar-refractivity contribution in [3.63, 3.8) is 0 Å². The fourth-order valence-corrected chi connectivity index (χ4v) is 4.72. The Kier molecular flexibility index (Phi) is 4.25. The van der Waals surface area contributed by atoms with Crippen molar-refractivity contribution in [2.45, 2.75) is 64.2 Å². The summed E-state index contributed by atoms with van der Waals surface area (Å²) in [5.74, 6) is 4.03. The zero-order chi connectivity index (χ0) is 13.1. The topological polar surface area (TPSA) is 0 Å². The molecule has 0 aliphatic heterocycles. The van der Waals surface area contributed by atoms with Crippen LogP contribution >= 0.6 is 0 Å². The molecule has 104 valence electrons. The minimum atomic E-state index is 0.844. The number of rotatable bonds is 3. The first-order chi connectivity index (χ1) is 9.36. The van der Waals surface area contributed by atoms with Gasteiger partial charge in [-0.2, -0.15) is 0 Å². The fourth-order valence-electron chi connectivity index (χ4n) is 4.72. The first-order valence-electron chi connectivity index (χ1n) is 8.41. The molecule has 0 heterocycles. The van der Waals surface area contributed by atoms with Crippen LogP contribution in [0.2, 0.25) is 0 Å². The second-order valence-electron chi connectivity index (χ2n) is 6.91. The van der Waals surface area contributed by atoms with Crippen molar-refractivity contribution in [3.8, 4) is 0 Å². The molecule has 0 radical (unpaired) electrons.